The van der Waals surface area contributed by atoms with Crippen molar-refractivity contribution in [2.45, 2.75) is 19.5 Å². The highest BCUT2D eigenvalue weighted by Gasteiger charge is 2.19. The number of likely N-dealkylation sites (N-methyl/N-ethyl adjacent to an activating group) is 1. The van der Waals surface area contributed by atoms with Crippen molar-refractivity contribution in [3.8, 4) is 5.69 Å². The zero-order valence-electron chi connectivity index (χ0n) is 14.1. The molecule has 1 amide bonds. The number of nitrogens with zero attached hydrogens (tertiary/aromatic N) is 5. The van der Waals surface area contributed by atoms with Gasteiger partial charge in [-0.25, -0.2) is 4.79 Å². The molecule has 0 saturated heterocycles. The predicted octanol–water partition coefficient (Wildman–Crippen LogP) is 1.65. The van der Waals surface area contributed by atoms with Gasteiger partial charge in [-0.15, -0.1) is 0 Å². The summed E-state index contributed by atoms with van der Waals surface area (Å²) in [5, 5.41) is 7.66. The van der Waals surface area contributed by atoms with E-state index in [1.807, 2.05) is 43.3 Å². The van der Waals surface area contributed by atoms with Crippen molar-refractivity contribution in [3.63, 3.8) is 0 Å². The van der Waals surface area contributed by atoms with Gasteiger partial charge in [0, 0.05) is 7.05 Å². The van der Waals surface area contributed by atoms with E-state index in [1.54, 1.807) is 36.2 Å². The van der Waals surface area contributed by atoms with Crippen LogP contribution in [0.25, 0.3) is 5.69 Å². The minimum Gasteiger partial charge on any atom is -0.337 e. The third-order valence-corrected chi connectivity index (χ3v) is 4.18. The molecule has 2 aromatic carbocycles. The van der Waals surface area contributed by atoms with E-state index in [9.17, 15) is 9.59 Å². The topological polar surface area (TPSA) is 73.0 Å². The second kappa shape index (κ2) is 7.12. The Hall–Kier alpha value is -3.22. The highest BCUT2D eigenvalue weighted by molar-refractivity contribution is 5.76. The van der Waals surface area contributed by atoms with Crippen molar-refractivity contribution in [2.24, 2.45) is 0 Å². The first-order valence-electron chi connectivity index (χ1n) is 7.97. The van der Waals surface area contributed by atoms with Crippen LogP contribution >= 0.6 is 0 Å². The van der Waals surface area contributed by atoms with Crippen molar-refractivity contribution in [3.05, 3.63) is 76.7 Å². The fraction of sp³-hybridized carbons (Fsp3) is 0.222. The molecule has 0 fully saturated rings. The summed E-state index contributed by atoms with van der Waals surface area (Å²) in [7, 11) is 1.71. The predicted molar refractivity (Wildman–Crippen MR) is 93.2 cm³/mol. The van der Waals surface area contributed by atoms with E-state index in [2.05, 4.69) is 10.4 Å². The highest BCUT2D eigenvalue weighted by Crippen LogP contribution is 2.18. The van der Waals surface area contributed by atoms with Crippen LogP contribution in [0.5, 0.6) is 0 Å². The number of rotatable bonds is 5. The SMILES string of the molecule is C[C@@H](c1ccccc1)N(C)C(=O)Cn1nnn(-c2ccccc2)c1=O. The van der Waals surface area contributed by atoms with Crippen molar-refractivity contribution in [1.82, 2.24) is 24.7 Å². The number of hydrogen-bond donors (Lipinski definition) is 0. The molecule has 0 aliphatic rings. The third-order valence-electron chi connectivity index (χ3n) is 4.18. The molecule has 128 valence electrons. The zero-order valence-corrected chi connectivity index (χ0v) is 14.1. The number of benzene rings is 2. The molecule has 0 saturated carbocycles. The molecule has 0 N–H and O–H groups in total. The molecular weight excluding hydrogens is 318 g/mol. The Labute approximate surface area is 145 Å². The quantitative estimate of drug-likeness (QED) is 0.710. The van der Waals surface area contributed by atoms with Crippen LogP contribution in [-0.4, -0.2) is 37.6 Å². The average molecular weight is 337 g/mol. The van der Waals surface area contributed by atoms with Gasteiger partial charge in [-0.2, -0.15) is 9.36 Å². The molecule has 0 unspecified atom stereocenters. The minimum absolute atomic E-state index is 0.103. The summed E-state index contributed by atoms with van der Waals surface area (Å²) in [6.07, 6.45) is 0. The van der Waals surface area contributed by atoms with Gasteiger partial charge in [0.25, 0.3) is 0 Å². The maximum Gasteiger partial charge on any atom is 0.368 e. The van der Waals surface area contributed by atoms with Crippen molar-refractivity contribution >= 4 is 5.91 Å². The second-order valence-corrected chi connectivity index (χ2v) is 5.76. The lowest BCUT2D eigenvalue weighted by molar-refractivity contribution is -0.132. The molecule has 3 aromatic rings. The van der Waals surface area contributed by atoms with E-state index in [-0.39, 0.29) is 18.5 Å². The van der Waals surface area contributed by atoms with Crippen LogP contribution in [0.1, 0.15) is 18.5 Å². The van der Waals surface area contributed by atoms with Gasteiger partial charge in [0.15, 0.2) is 0 Å². The highest BCUT2D eigenvalue weighted by atomic mass is 16.2. The largest absolute Gasteiger partial charge is 0.368 e. The third kappa shape index (κ3) is 3.50. The Morgan fingerprint density at radius 2 is 1.64 bits per heavy atom. The smallest absolute Gasteiger partial charge is 0.337 e. The van der Waals surface area contributed by atoms with Gasteiger partial charge in [0.2, 0.25) is 5.91 Å². The first-order valence-corrected chi connectivity index (χ1v) is 7.97. The molecular formula is C18H19N5O2. The molecule has 3 rings (SSSR count). The van der Waals surface area contributed by atoms with Gasteiger partial charge in [-0.3, -0.25) is 4.79 Å². The summed E-state index contributed by atoms with van der Waals surface area (Å²) >= 11 is 0. The number of hydrogen-bond acceptors (Lipinski definition) is 4. The fourth-order valence-corrected chi connectivity index (χ4v) is 2.52. The van der Waals surface area contributed by atoms with Gasteiger partial charge >= 0.3 is 5.69 Å². The summed E-state index contributed by atoms with van der Waals surface area (Å²) in [6, 6.07) is 18.6. The van der Waals surface area contributed by atoms with Gasteiger partial charge in [0.1, 0.15) is 6.54 Å². The number of carbonyl (C=O) groups excluding carboxylic acids is 1. The van der Waals surface area contributed by atoms with E-state index in [0.29, 0.717) is 5.69 Å². The summed E-state index contributed by atoms with van der Waals surface area (Å²) < 4.78 is 2.25. The Bertz CT molecular complexity index is 902. The number of tetrazole rings is 1. The van der Waals surface area contributed by atoms with Gasteiger partial charge < -0.3 is 4.90 Å². The van der Waals surface area contributed by atoms with Crippen molar-refractivity contribution < 1.29 is 4.79 Å². The van der Waals surface area contributed by atoms with Crippen molar-refractivity contribution in [1.29, 1.82) is 0 Å². The van der Waals surface area contributed by atoms with Gasteiger partial charge in [-0.05, 0) is 35.0 Å². The zero-order chi connectivity index (χ0) is 17.8. The van der Waals surface area contributed by atoms with Crippen molar-refractivity contribution in [2.75, 3.05) is 7.05 Å². The summed E-state index contributed by atoms with van der Waals surface area (Å²) in [4.78, 5) is 26.5. The molecule has 0 aliphatic carbocycles. The molecule has 7 nitrogen and oxygen atoms in total. The van der Waals surface area contributed by atoms with Gasteiger partial charge in [0.05, 0.1) is 11.7 Å². The summed E-state index contributed by atoms with van der Waals surface area (Å²) in [5.41, 5.74) is 1.19. The lowest BCUT2D eigenvalue weighted by Gasteiger charge is -2.25. The van der Waals surface area contributed by atoms with E-state index in [4.69, 9.17) is 0 Å². The standard InChI is InChI=1S/C18H19N5O2/c1-14(15-9-5-3-6-10-15)21(2)17(24)13-22-18(25)23(20-19-22)16-11-7-4-8-12-16/h3-12,14H,13H2,1-2H3/t14-/m0/s1. The Morgan fingerprint density at radius 3 is 2.28 bits per heavy atom. The normalized spacial score (nSPS) is 11.9. The summed E-state index contributed by atoms with van der Waals surface area (Å²) in [5.74, 6) is -0.210. The van der Waals surface area contributed by atoms with Crippen LogP contribution in [0, 0.1) is 0 Å². The maximum atomic E-state index is 12.5. The van der Waals surface area contributed by atoms with E-state index in [1.165, 1.54) is 4.68 Å². The van der Waals surface area contributed by atoms with E-state index >= 15 is 0 Å². The number of para-hydroxylation sites is 1. The number of amides is 1. The molecule has 7 heteroatoms. The monoisotopic (exact) mass is 337 g/mol. The second-order valence-electron chi connectivity index (χ2n) is 5.76. The average Bonchev–Trinajstić information content (AvgIpc) is 3.02. The number of carbonyl (C=O) groups is 1. The van der Waals surface area contributed by atoms with Crippen LogP contribution in [0.3, 0.4) is 0 Å². The Balaban J connectivity index is 1.75. The lowest BCUT2D eigenvalue weighted by atomic mass is 10.1. The molecule has 0 aliphatic heterocycles. The molecule has 1 aromatic heterocycles. The lowest BCUT2D eigenvalue weighted by Crippen LogP contribution is -2.36. The molecule has 0 bridgehead atoms. The van der Waals surface area contributed by atoms with Crippen LogP contribution in [0.15, 0.2) is 65.5 Å². The fourth-order valence-electron chi connectivity index (χ4n) is 2.52. The Morgan fingerprint density at radius 1 is 1.04 bits per heavy atom. The molecule has 1 atom stereocenters. The molecule has 25 heavy (non-hydrogen) atoms. The van der Waals surface area contributed by atoms with Crippen LogP contribution < -0.4 is 5.69 Å². The minimum atomic E-state index is -0.444. The Kier molecular flexibility index (Phi) is 4.74. The van der Waals surface area contributed by atoms with E-state index < -0.39 is 5.69 Å². The first kappa shape index (κ1) is 16.6. The number of aromatic nitrogens is 4. The van der Waals surface area contributed by atoms with Gasteiger partial charge in [-0.1, -0.05) is 48.5 Å². The maximum absolute atomic E-state index is 12.5. The van der Waals surface area contributed by atoms with E-state index in [0.717, 1.165) is 10.2 Å². The van der Waals surface area contributed by atoms with Crippen LogP contribution in [-0.2, 0) is 11.3 Å². The molecule has 0 spiro atoms. The summed E-state index contributed by atoms with van der Waals surface area (Å²) in [6.45, 7) is 1.79. The first-order chi connectivity index (χ1) is 12.1. The molecule has 1 heterocycles. The van der Waals surface area contributed by atoms with Crippen LogP contribution in [0.2, 0.25) is 0 Å². The molecule has 0 radical (unpaired) electrons. The van der Waals surface area contributed by atoms with Crippen LogP contribution in [0.4, 0.5) is 0 Å².